The van der Waals surface area contributed by atoms with Crippen molar-refractivity contribution in [2.24, 2.45) is 0 Å². The molecule has 0 saturated carbocycles. The van der Waals surface area contributed by atoms with Crippen LogP contribution < -0.4 is 5.32 Å². The highest BCUT2D eigenvalue weighted by Gasteiger charge is 2.24. The minimum absolute atomic E-state index is 0.125. The highest BCUT2D eigenvalue weighted by molar-refractivity contribution is 5.86. The van der Waals surface area contributed by atoms with E-state index >= 15 is 0 Å². The zero-order chi connectivity index (χ0) is 16.0. The quantitative estimate of drug-likeness (QED) is 0.829. The van der Waals surface area contributed by atoms with E-state index in [2.05, 4.69) is 5.32 Å². The molecule has 0 aliphatic carbocycles. The van der Waals surface area contributed by atoms with Gasteiger partial charge in [0, 0.05) is 21.1 Å². The van der Waals surface area contributed by atoms with Crippen molar-refractivity contribution < 1.29 is 19.5 Å². The van der Waals surface area contributed by atoms with Crippen LogP contribution in [-0.2, 0) is 9.59 Å². The molecule has 7 nitrogen and oxygen atoms in total. The summed E-state index contributed by atoms with van der Waals surface area (Å²) in [5, 5.41) is 11.6. The summed E-state index contributed by atoms with van der Waals surface area (Å²) in [6.45, 7) is -0.125. The molecule has 0 spiro atoms. The molecule has 0 saturated heterocycles. The number of carboxylic acid groups (broad SMARTS) is 1. The Kier molecular flexibility index (Phi) is 5.71. The number of urea groups is 1. The van der Waals surface area contributed by atoms with Gasteiger partial charge in [0.15, 0.2) is 6.04 Å². The summed E-state index contributed by atoms with van der Waals surface area (Å²) >= 11 is 0. The van der Waals surface area contributed by atoms with Crippen LogP contribution in [0.3, 0.4) is 0 Å². The summed E-state index contributed by atoms with van der Waals surface area (Å²) in [7, 11) is 4.59. The van der Waals surface area contributed by atoms with Crippen molar-refractivity contribution in [3.05, 3.63) is 35.9 Å². The fraction of sp³-hybridized carbons (Fsp3) is 0.357. The molecule has 3 amide bonds. The van der Waals surface area contributed by atoms with Gasteiger partial charge in [-0.3, -0.25) is 4.79 Å². The van der Waals surface area contributed by atoms with Crippen LogP contribution in [0.15, 0.2) is 30.3 Å². The Morgan fingerprint density at radius 1 is 1.14 bits per heavy atom. The van der Waals surface area contributed by atoms with Gasteiger partial charge >= 0.3 is 12.0 Å². The predicted octanol–water partition coefficient (Wildman–Crippen LogP) is 0.542. The molecule has 2 N–H and O–H groups in total. The molecule has 0 fully saturated rings. The summed E-state index contributed by atoms with van der Waals surface area (Å²) < 4.78 is 0. The van der Waals surface area contributed by atoms with E-state index in [1.54, 1.807) is 44.4 Å². The zero-order valence-electron chi connectivity index (χ0n) is 12.2. The molecule has 1 unspecified atom stereocenters. The lowest BCUT2D eigenvalue weighted by atomic mass is 10.1. The van der Waals surface area contributed by atoms with Crippen molar-refractivity contribution in [2.45, 2.75) is 6.04 Å². The molecule has 21 heavy (non-hydrogen) atoms. The number of rotatable bonds is 5. The largest absolute Gasteiger partial charge is 0.479 e. The van der Waals surface area contributed by atoms with Gasteiger partial charge in [0.05, 0.1) is 0 Å². The second-order valence-corrected chi connectivity index (χ2v) is 4.78. The third-order valence-electron chi connectivity index (χ3n) is 2.87. The van der Waals surface area contributed by atoms with E-state index in [4.69, 9.17) is 0 Å². The number of hydrogen-bond donors (Lipinski definition) is 2. The van der Waals surface area contributed by atoms with Crippen LogP contribution in [-0.4, -0.2) is 60.5 Å². The van der Waals surface area contributed by atoms with Gasteiger partial charge in [-0.2, -0.15) is 0 Å². The molecule has 1 atom stereocenters. The zero-order valence-corrected chi connectivity index (χ0v) is 12.2. The minimum Gasteiger partial charge on any atom is -0.479 e. The molecule has 114 valence electrons. The molecule has 0 aromatic heterocycles. The molecule has 0 bridgehead atoms. The van der Waals surface area contributed by atoms with Crippen molar-refractivity contribution in [1.82, 2.24) is 15.1 Å². The Bertz CT molecular complexity index is 516. The molecule has 0 radical (unpaired) electrons. The van der Waals surface area contributed by atoms with E-state index in [1.807, 2.05) is 0 Å². The number of amides is 3. The van der Waals surface area contributed by atoms with Gasteiger partial charge in [-0.05, 0) is 5.56 Å². The maximum absolute atomic E-state index is 12.0. The Balaban J connectivity index is 2.74. The van der Waals surface area contributed by atoms with Crippen molar-refractivity contribution in [3.63, 3.8) is 0 Å². The van der Waals surface area contributed by atoms with Crippen LogP contribution in [0.2, 0.25) is 0 Å². The van der Waals surface area contributed by atoms with E-state index in [-0.39, 0.29) is 12.5 Å². The lowest BCUT2D eigenvalue weighted by Gasteiger charge is -2.22. The van der Waals surface area contributed by atoms with Crippen LogP contribution in [0.4, 0.5) is 4.79 Å². The number of benzene rings is 1. The fourth-order valence-corrected chi connectivity index (χ4v) is 1.58. The number of nitrogens with one attached hydrogen (secondary N) is 1. The summed E-state index contributed by atoms with van der Waals surface area (Å²) in [4.78, 5) is 37.3. The highest BCUT2D eigenvalue weighted by atomic mass is 16.4. The monoisotopic (exact) mass is 293 g/mol. The van der Waals surface area contributed by atoms with E-state index in [0.717, 1.165) is 4.90 Å². The van der Waals surface area contributed by atoms with Crippen LogP contribution >= 0.6 is 0 Å². The number of carbonyl (C=O) groups is 3. The number of nitrogens with zero attached hydrogens (tertiary/aromatic N) is 2. The average molecular weight is 293 g/mol. The summed E-state index contributed by atoms with van der Waals surface area (Å²) in [6, 6.07) is 6.59. The van der Waals surface area contributed by atoms with Gasteiger partial charge in [-0.1, -0.05) is 30.3 Å². The molecule has 0 aliphatic rings. The molecule has 0 heterocycles. The first-order valence-corrected chi connectivity index (χ1v) is 6.32. The van der Waals surface area contributed by atoms with Gasteiger partial charge in [0.25, 0.3) is 0 Å². The molecule has 7 heteroatoms. The topological polar surface area (TPSA) is 90.0 Å². The van der Waals surface area contributed by atoms with Gasteiger partial charge in [0.2, 0.25) is 5.91 Å². The van der Waals surface area contributed by atoms with Gasteiger partial charge in [-0.15, -0.1) is 0 Å². The Labute approximate surface area is 123 Å². The molecular formula is C14H19N3O4. The second kappa shape index (κ2) is 7.28. The first-order chi connectivity index (χ1) is 9.82. The molecule has 1 rings (SSSR count). The SMILES string of the molecule is CN(C)C(=O)CN(C)C(=O)NC(C(=O)O)c1ccccc1. The Morgan fingerprint density at radius 2 is 1.71 bits per heavy atom. The van der Waals surface area contributed by atoms with Crippen LogP contribution in [0, 0.1) is 0 Å². The van der Waals surface area contributed by atoms with E-state index < -0.39 is 18.0 Å². The predicted molar refractivity (Wildman–Crippen MR) is 76.7 cm³/mol. The first-order valence-electron chi connectivity index (χ1n) is 6.32. The lowest BCUT2D eigenvalue weighted by molar-refractivity contribution is -0.139. The van der Waals surface area contributed by atoms with E-state index in [9.17, 15) is 19.5 Å². The van der Waals surface area contributed by atoms with Gasteiger partial charge in [-0.25, -0.2) is 9.59 Å². The van der Waals surface area contributed by atoms with Gasteiger partial charge in [0.1, 0.15) is 6.54 Å². The van der Waals surface area contributed by atoms with Crippen LogP contribution in [0.5, 0.6) is 0 Å². The number of carboxylic acids is 1. The van der Waals surface area contributed by atoms with E-state index in [0.29, 0.717) is 5.56 Å². The van der Waals surface area contributed by atoms with Crippen molar-refractivity contribution in [1.29, 1.82) is 0 Å². The van der Waals surface area contributed by atoms with Gasteiger partial charge < -0.3 is 20.2 Å². The number of carbonyl (C=O) groups excluding carboxylic acids is 2. The maximum Gasteiger partial charge on any atom is 0.330 e. The molecule has 0 aliphatic heterocycles. The minimum atomic E-state index is -1.16. The Morgan fingerprint density at radius 3 is 2.19 bits per heavy atom. The number of aliphatic carboxylic acids is 1. The average Bonchev–Trinajstić information content (AvgIpc) is 2.44. The van der Waals surface area contributed by atoms with Crippen molar-refractivity contribution in [3.8, 4) is 0 Å². The van der Waals surface area contributed by atoms with E-state index in [1.165, 1.54) is 11.9 Å². The highest BCUT2D eigenvalue weighted by Crippen LogP contribution is 2.13. The van der Waals surface area contributed by atoms with Crippen molar-refractivity contribution >= 4 is 17.9 Å². The standard InChI is InChI=1S/C14H19N3O4/c1-16(2)11(18)9-17(3)14(21)15-12(13(19)20)10-7-5-4-6-8-10/h4-8,12H,9H2,1-3H3,(H,15,21)(H,19,20). The summed E-state index contributed by atoms with van der Waals surface area (Å²) in [5.74, 6) is -1.42. The molecule has 1 aromatic carbocycles. The Hall–Kier alpha value is -2.57. The van der Waals surface area contributed by atoms with Crippen molar-refractivity contribution in [2.75, 3.05) is 27.7 Å². The summed E-state index contributed by atoms with van der Waals surface area (Å²) in [6.07, 6.45) is 0. The number of hydrogen-bond acceptors (Lipinski definition) is 3. The maximum atomic E-state index is 12.0. The normalized spacial score (nSPS) is 11.4. The number of likely N-dealkylation sites (N-methyl/N-ethyl adjacent to an activating group) is 2. The van der Waals surface area contributed by atoms with Crippen LogP contribution in [0.1, 0.15) is 11.6 Å². The first kappa shape index (κ1) is 16.5. The smallest absolute Gasteiger partial charge is 0.330 e. The second-order valence-electron chi connectivity index (χ2n) is 4.78. The van der Waals surface area contributed by atoms with Crippen LogP contribution in [0.25, 0.3) is 0 Å². The summed E-state index contributed by atoms with van der Waals surface area (Å²) in [5.41, 5.74) is 0.464. The molecule has 1 aromatic rings. The third-order valence-corrected chi connectivity index (χ3v) is 2.87. The molecular weight excluding hydrogens is 274 g/mol. The third kappa shape index (κ3) is 4.79. The lowest BCUT2D eigenvalue weighted by Crippen LogP contribution is -2.45. The fourth-order valence-electron chi connectivity index (χ4n) is 1.58.